The highest BCUT2D eigenvalue weighted by molar-refractivity contribution is 9.10. The highest BCUT2D eigenvalue weighted by atomic mass is 79.9. The molecule has 0 amide bonds. The smallest absolute Gasteiger partial charge is 0.0625 e. The van der Waals surface area contributed by atoms with E-state index in [0.29, 0.717) is 6.42 Å². The van der Waals surface area contributed by atoms with E-state index in [0.717, 1.165) is 10.9 Å². The molecule has 0 aliphatic carbocycles. The minimum Gasteiger partial charge on any atom is -0.198 e. The third-order valence-corrected chi connectivity index (χ3v) is 3.39. The van der Waals surface area contributed by atoms with Gasteiger partial charge in [-0.05, 0) is 38.7 Å². The monoisotopic (exact) mass is 259 g/mol. The highest BCUT2D eigenvalue weighted by Crippen LogP contribution is 2.28. The summed E-state index contributed by atoms with van der Waals surface area (Å²) in [4.78, 5) is 0. The van der Waals surface area contributed by atoms with Gasteiger partial charge in [0.1, 0.15) is 0 Å². The van der Waals surface area contributed by atoms with Crippen molar-refractivity contribution in [1.29, 1.82) is 5.26 Å². The minimum absolute atomic E-state index is 0.566. The van der Waals surface area contributed by atoms with Crippen LogP contribution < -0.4 is 0 Å². The number of hydrogen-bond donors (Lipinski definition) is 0. The Labute approximate surface area is 97.5 Å². The number of fused-ring (bicyclic) bond motifs is 1. The summed E-state index contributed by atoms with van der Waals surface area (Å²) < 4.78 is 1.12. The summed E-state index contributed by atoms with van der Waals surface area (Å²) in [5, 5.41) is 11.0. The molecule has 0 aromatic heterocycles. The lowest BCUT2D eigenvalue weighted by atomic mass is 10.0. The van der Waals surface area contributed by atoms with Crippen molar-refractivity contribution in [1.82, 2.24) is 0 Å². The fourth-order valence-corrected chi connectivity index (χ4v) is 2.35. The van der Waals surface area contributed by atoms with Crippen LogP contribution in [0, 0.1) is 11.3 Å². The summed E-state index contributed by atoms with van der Waals surface area (Å²) in [7, 11) is 0. The molecule has 74 valence electrons. The van der Waals surface area contributed by atoms with Gasteiger partial charge in [0.05, 0.1) is 6.07 Å². The molecule has 0 unspecified atom stereocenters. The first kappa shape index (κ1) is 10.2. The van der Waals surface area contributed by atoms with Crippen LogP contribution in [0.1, 0.15) is 12.0 Å². The van der Waals surface area contributed by atoms with Gasteiger partial charge >= 0.3 is 0 Å². The first-order valence-electron chi connectivity index (χ1n) is 4.86. The molecular weight excluding hydrogens is 250 g/mol. The molecular formula is C13H10BrN. The van der Waals surface area contributed by atoms with E-state index >= 15 is 0 Å². The maximum Gasteiger partial charge on any atom is 0.0625 e. The van der Waals surface area contributed by atoms with Crippen molar-refractivity contribution < 1.29 is 0 Å². The second-order valence-corrected chi connectivity index (χ2v) is 4.21. The number of benzene rings is 2. The largest absolute Gasteiger partial charge is 0.198 e. The normalized spacial score (nSPS) is 10.1. The van der Waals surface area contributed by atoms with Crippen molar-refractivity contribution >= 4 is 26.7 Å². The van der Waals surface area contributed by atoms with E-state index < -0.39 is 0 Å². The fraction of sp³-hybridized carbons (Fsp3) is 0.154. The number of nitriles is 1. The molecule has 0 N–H and O–H groups in total. The standard InChI is InChI=1S/C13H10BrN/c14-13-11(5-3-9-15)8-7-10-4-1-2-6-12(10)13/h1-2,4,6-8H,3,5H2. The van der Waals surface area contributed by atoms with Gasteiger partial charge in [0.2, 0.25) is 0 Å². The molecule has 2 rings (SSSR count). The van der Waals surface area contributed by atoms with Crippen molar-refractivity contribution in [3.05, 3.63) is 46.4 Å². The number of rotatable bonds is 2. The molecule has 0 bridgehead atoms. The fourth-order valence-electron chi connectivity index (χ4n) is 1.66. The summed E-state index contributed by atoms with van der Waals surface area (Å²) in [5.74, 6) is 0. The molecule has 2 aromatic carbocycles. The van der Waals surface area contributed by atoms with Crippen LogP contribution in [-0.2, 0) is 6.42 Å². The average molecular weight is 260 g/mol. The Bertz CT molecular complexity index is 526. The maximum atomic E-state index is 8.57. The second kappa shape index (κ2) is 4.46. The minimum atomic E-state index is 0.566. The molecule has 1 nitrogen and oxygen atoms in total. The summed E-state index contributed by atoms with van der Waals surface area (Å²) in [6.45, 7) is 0. The molecule has 0 spiro atoms. The number of hydrogen-bond acceptors (Lipinski definition) is 1. The number of halogens is 1. The first-order valence-corrected chi connectivity index (χ1v) is 5.65. The molecule has 15 heavy (non-hydrogen) atoms. The van der Waals surface area contributed by atoms with Crippen LogP contribution in [-0.4, -0.2) is 0 Å². The van der Waals surface area contributed by atoms with Crippen molar-refractivity contribution in [3.63, 3.8) is 0 Å². The quantitative estimate of drug-likeness (QED) is 0.798. The van der Waals surface area contributed by atoms with Crippen LogP contribution >= 0.6 is 15.9 Å². The molecule has 0 saturated heterocycles. The SMILES string of the molecule is N#CCCc1ccc2ccccc2c1Br. The zero-order valence-electron chi connectivity index (χ0n) is 8.20. The van der Waals surface area contributed by atoms with Gasteiger partial charge in [0.15, 0.2) is 0 Å². The third kappa shape index (κ3) is 2.03. The molecule has 0 saturated carbocycles. The Kier molecular flexibility index (Phi) is 3.03. The lowest BCUT2D eigenvalue weighted by Gasteiger charge is -2.06. The van der Waals surface area contributed by atoms with Crippen molar-refractivity contribution in [2.24, 2.45) is 0 Å². The molecule has 0 aliphatic heterocycles. The molecule has 0 fully saturated rings. The van der Waals surface area contributed by atoms with Crippen LogP contribution in [0.3, 0.4) is 0 Å². The zero-order valence-corrected chi connectivity index (χ0v) is 9.79. The summed E-state index contributed by atoms with van der Waals surface area (Å²) >= 11 is 3.60. The van der Waals surface area contributed by atoms with Crippen LogP contribution in [0.4, 0.5) is 0 Å². The van der Waals surface area contributed by atoms with Crippen molar-refractivity contribution in [3.8, 4) is 6.07 Å². The third-order valence-electron chi connectivity index (χ3n) is 2.45. The maximum absolute atomic E-state index is 8.57. The molecule has 2 aromatic rings. The van der Waals surface area contributed by atoms with Gasteiger partial charge in [-0.3, -0.25) is 0 Å². The van der Waals surface area contributed by atoms with Crippen LogP contribution in [0.25, 0.3) is 10.8 Å². The molecule has 2 heteroatoms. The molecule has 0 heterocycles. The second-order valence-electron chi connectivity index (χ2n) is 3.42. The summed E-state index contributed by atoms with van der Waals surface area (Å²) in [6, 6.07) is 14.6. The Balaban J connectivity index is 2.51. The van der Waals surface area contributed by atoms with Gasteiger partial charge in [-0.15, -0.1) is 0 Å². The van der Waals surface area contributed by atoms with Gasteiger partial charge in [-0.25, -0.2) is 0 Å². The van der Waals surface area contributed by atoms with E-state index in [-0.39, 0.29) is 0 Å². The molecule has 0 atom stereocenters. The number of nitrogens with zero attached hydrogens (tertiary/aromatic N) is 1. The van der Waals surface area contributed by atoms with Crippen molar-refractivity contribution in [2.75, 3.05) is 0 Å². The zero-order chi connectivity index (χ0) is 10.7. The Hall–Kier alpha value is -1.33. The van der Waals surface area contributed by atoms with E-state index in [1.165, 1.54) is 16.3 Å². The predicted octanol–water partition coefficient (Wildman–Crippen LogP) is 4.06. The number of aryl methyl sites for hydroxylation is 1. The van der Waals surface area contributed by atoms with Gasteiger partial charge in [0, 0.05) is 10.9 Å². The van der Waals surface area contributed by atoms with Gasteiger partial charge in [-0.2, -0.15) is 5.26 Å². The lowest BCUT2D eigenvalue weighted by Crippen LogP contribution is -1.87. The predicted molar refractivity (Wildman–Crippen MR) is 65.6 cm³/mol. The highest BCUT2D eigenvalue weighted by Gasteiger charge is 2.03. The van der Waals surface area contributed by atoms with E-state index in [1.54, 1.807) is 0 Å². The van der Waals surface area contributed by atoms with Crippen LogP contribution in [0.15, 0.2) is 40.9 Å². The van der Waals surface area contributed by atoms with Gasteiger partial charge < -0.3 is 0 Å². The Morgan fingerprint density at radius 1 is 1.13 bits per heavy atom. The Morgan fingerprint density at radius 2 is 1.93 bits per heavy atom. The van der Waals surface area contributed by atoms with Crippen LogP contribution in [0.5, 0.6) is 0 Å². The summed E-state index contributed by atoms with van der Waals surface area (Å²) in [5.41, 5.74) is 1.20. The lowest BCUT2D eigenvalue weighted by molar-refractivity contribution is 1.01. The van der Waals surface area contributed by atoms with Gasteiger partial charge in [-0.1, -0.05) is 36.4 Å². The first-order chi connectivity index (χ1) is 7.33. The van der Waals surface area contributed by atoms with Crippen LogP contribution in [0.2, 0.25) is 0 Å². The van der Waals surface area contributed by atoms with E-state index in [2.05, 4.69) is 46.3 Å². The van der Waals surface area contributed by atoms with E-state index in [4.69, 9.17) is 5.26 Å². The van der Waals surface area contributed by atoms with E-state index in [1.807, 2.05) is 12.1 Å². The topological polar surface area (TPSA) is 23.8 Å². The average Bonchev–Trinajstić information content (AvgIpc) is 2.29. The van der Waals surface area contributed by atoms with Crippen molar-refractivity contribution in [2.45, 2.75) is 12.8 Å². The molecule has 0 aliphatic rings. The van der Waals surface area contributed by atoms with Gasteiger partial charge in [0.25, 0.3) is 0 Å². The molecule has 0 radical (unpaired) electrons. The Morgan fingerprint density at radius 3 is 2.73 bits per heavy atom. The summed E-state index contributed by atoms with van der Waals surface area (Å²) in [6.07, 6.45) is 1.37. The van der Waals surface area contributed by atoms with E-state index in [9.17, 15) is 0 Å².